The molecule has 3 atom stereocenters. The van der Waals surface area contributed by atoms with Crippen molar-refractivity contribution >= 4 is 5.91 Å². The van der Waals surface area contributed by atoms with Gasteiger partial charge in [0.2, 0.25) is 5.91 Å². The van der Waals surface area contributed by atoms with Crippen LogP contribution in [0.2, 0.25) is 0 Å². The van der Waals surface area contributed by atoms with Crippen LogP contribution in [0.1, 0.15) is 55.6 Å². The maximum Gasteiger partial charge on any atom is 0.227 e. The summed E-state index contributed by atoms with van der Waals surface area (Å²) in [5.41, 5.74) is 1.21. The molecule has 2 aliphatic heterocycles. The predicted octanol–water partition coefficient (Wildman–Crippen LogP) is 3.81. The molecule has 1 saturated carbocycles. The number of hydrogen-bond acceptors (Lipinski definition) is 3. The molecule has 158 valence electrons. The van der Waals surface area contributed by atoms with E-state index in [9.17, 15) is 9.90 Å². The standard InChI is InChI=1S/C26H32N2O2/c29-24-25(22(19-27-24)20-9-3-1-4-10-20)15-17-28(18-16-25)23-13-7-8-14-26(23,30)21-11-5-2-6-12-21/h1-6,9-12,22-23,30H,7-8,13-19H2,(H,27,29)/t22-,23+,26-/m1/s1. The van der Waals surface area contributed by atoms with Gasteiger partial charge in [-0.3, -0.25) is 9.69 Å². The fraction of sp³-hybridized carbons (Fsp3) is 0.500. The molecule has 0 unspecified atom stereocenters. The minimum atomic E-state index is -0.791. The second kappa shape index (κ2) is 7.82. The molecule has 0 aromatic heterocycles. The van der Waals surface area contributed by atoms with Crippen LogP contribution in [0, 0.1) is 5.41 Å². The molecule has 2 saturated heterocycles. The van der Waals surface area contributed by atoms with Gasteiger partial charge in [-0.1, -0.05) is 73.5 Å². The number of benzene rings is 2. The van der Waals surface area contributed by atoms with Crippen LogP contribution in [0.15, 0.2) is 60.7 Å². The molecule has 2 aromatic rings. The first-order chi connectivity index (χ1) is 14.6. The van der Waals surface area contributed by atoms with Gasteiger partial charge < -0.3 is 10.4 Å². The predicted molar refractivity (Wildman–Crippen MR) is 118 cm³/mol. The lowest BCUT2D eigenvalue weighted by Crippen LogP contribution is -2.57. The van der Waals surface area contributed by atoms with E-state index < -0.39 is 5.60 Å². The molecular weight excluding hydrogens is 372 g/mol. The zero-order valence-corrected chi connectivity index (χ0v) is 17.6. The zero-order valence-electron chi connectivity index (χ0n) is 17.6. The van der Waals surface area contributed by atoms with Gasteiger partial charge in [0.15, 0.2) is 0 Å². The Morgan fingerprint density at radius 3 is 2.27 bits per heavy atom. The third-order valence-corrected chi connectivity index (χ3v) is 8.03. The second-order valence-corrected chi connectivity index (χ2v) is 9.42. The quantitative estimate of drug-likeness (QED) is 0.818. The van der Waals surface area contributed by atoms with E-state index in [0.717, 1.165) is 63.7 Å². The van der Waals surface area contributed by atoms with E-state index in [2.05, 4.69) is 46.6 Å². The Morgan fingerprint density at radius 1 is 0.900 bits per heavy atom. The molecule has 1 aliphatic carbocycles. The first-order valence-electron chi connectivity index (χ1n) is 11.5. The van der Waals surface area contributed by atoms with Gasteiger partial charge >= 0.3 is 0 Å². The minimum absolute atomic E-state index is 0.130. The van der Waals surface area contributed by atoms with Crippen LogP contribution in [0.5, 0.6) is 0 Å². The molecule has 1 amide bonds. The molecule has 5 rings (SSSR count). The van der Waals surface area contributed by atoms with Crippen molar-refractivity contribution in [1.29, 1.82) is 0 Å². The highest BCUT2D eigenvalue weighted by atomic mass is 16.3. The van der Waals surface area contributed by atoms with E-state index >= 15 is 0 Å². The van der Waals surface area contributed by atoms with Crippen molar-refractivity contribution in [3.63, 3.8) is 0 Å². The Morgan fingerprint density at radius 2 is 1.57 bits per heavy atom. The summed E-state index contributed by atoms with van der Waals surface area (Å²) in [4.78, 5) is 15.5. The topological polar surface area (TPSA) is 52.6 Å². The van der Waals surface area contributed by atoms with E-state index in [0.29, 0.717) is 0 Å². The Bertz CT molecular complexity index is 876. The summed E-state index contributed by atoms with van der Waals surface area (Å²) in [6.07, 6.45) is 5.79. The fourth-order valence-corrected chi connectivity index (χ4v) is 6.34. The zero-order chi connectivity index (χ0) is 20.6. The third kappa shape index (κ3) is 3.17. The number of carbonyl (C=O) groups excluding carboxylic acids is 1. The Hall–Kier alpha value is -2.17. The van der Waals surface area contributed by atoms with Crippen LogP contribution in [0.4, 0.5) is 0 Å². The van der Waals surface area contributed by atoms with Gasteiger partial charge in [0.1, 0.15) is 5.60 Å². The smallest absolute Gasteiger partial charge is 0.227 e. The summed E-state index contributed by atoms with van der Waals surface area (Å²) in [5.74, 6) is 0.464. The van der Waals surface area contributed by atoms with E-state index in [-0.39, 0.29) is 23.3 Å². The summed E-state index contributed by atoms with van der Waals surface area (Å²) in [6, 6.07) is 20.8. The summed E-state index contributed by atoms with van der Waals surface area (Å²) in [5, 5.41) is 14.9. The van der Waals surface area contributed by atoms with Gasteiger partial charge in [-0.25, -0.2) is 0 Å². The number of amides is 1. The number of nitrogens with one attached hydrogen (secondary N) is 1. The van der Waals surface area contributed by atoms with Gasteiger partial charge in [-0.05, 0) is 49.9 Å². The molecule has 3 aliphatic rings. The Balaban J connectivity index is 1.38. The molecule has 2 heterocycles. The van der Waals surface area contributed by atoms with Crippen molar-refractivity contribution in [1.82, 2.24) is 10.2 Å². The fourth-order valence-electron chi connectivity index (χ4n) is 6.34. The van der Waals surface area contributed by atoms with Gasteiger partial charge in [0.05, 0.1) is 5.41 Å². The van der Waals surface area contributed by atoms with Crippen molar-refractivity contribution in [2.75, 3.05) is 19.6 Å². The molecule has 30 heavy (non-hydrogen) atoms. The number of aliphatic hydroxyl groups is 1. The van der Waals surface area contributed by atoms with Crippen molar-refractivity contribution in [2.45, 2.75) is 56.1 Å². The maximum absolute atomic E-state index is 13.0. The van der Waals surface area contributed by atoms with E-state index in [4.69, 9.17) is 0 Å². The van der Waals surface area contributed by atoms with Crippen LogP contribution in [-0.4, -0.2) is 41.6 Å². The highest BCUT2D eigenvalue weighted by Crippen LogP contribution is 2.49. The van der Waals surface area contributed by atoms with Crippen molar-refractivity contribution < 1.29 is 9.90 Å². The van der Waals surface area contributed by atoms with Crippen LogP contribution in [0.25, 0.3) is 0 Å². The van der Waals surface area contributed by atoms with Gasteiger partial charge in [0, 0.05) is 18.5 Å². The normalized spacial score (nSPS) is 31.6. The van der Waals surface area contributed by atoms with Crippen molar-refractivity contribution in [3.8, 4) is 0 Å². The SMILES string of the molecule is O=C1NC[C@H](c2ccccc2)C12CCN([C@H]1CCCC[C@@]1(O)c1ccccc1)CC2. The molecule has 2 N–H and O–H groups in total. The summed E-state index contributed by atoms with van der Waals surface area (Å²) in [7, 11) is 0. The molecule has 4 heteroatoms. The highest BCUT2D eigenvalue weighted by Gasteiger charge is 2.54. The maximum atomic E-state index is 13.0. The van der Waals surface area contributed by atoms with E-state index in [1.165, 1.54) is 5.56 Å². The molecule has 0 bridgehead atoms. The lowest BCUT2D eigenvalue weighted by molar-refractivity contribution is -0.134. The van der Waals surface area contributed by atoms with Crippen LogP contribution in [0.3, 0.4) is 0 Å². The van der Waals surface area contributed by atoms with Crippen LogP contribution >= 0.6 is 0 Å². The summed E-state index contributed by atoms with van der Waals surface area (Å²) < 4.78 is 0. The summed E-state index contributed by atoms with van der Waals surface area (Å²) >= 11 is 0. The second-order valence-electron chi connectivity index (χ2n) is 9.42. The molecule has 2 aromatic carbocycles. The van der Waals surface area contributed by atoms with E-state index in [1.807, 2.05) is 24.3 Å². The molecule has 0 radical (unpaired) electrons. The average Bonchev–Trinajstić information content (AvgIpc) is 3.11. The number of nitrogens with zero attached hydrogens (tertiary/aromatic N) is 1. The Labute approximate surface area is 179 Å². The number of piperidine rings is 1. The number of rotatable bonds is 3. The lowest BCUT2D eigenvalue weighted by atomic mass is 9.66. The van der Waals surface area contributed by atoms with Crippen molar-refractivity contribution in [2.24, 2.45) is 5.41 Å². The van der Waals surface area contributed by atoms with Crippen LogP contribution in [-0.2, 0) is 10.4 Å². The summed E-state index contributed by atoms with van der Waals surface area (Å²) in [6.45, 7) is 2.48. The lowest BCUT2D eigenvalue weighted by Gasteiger charge is -2.50. The molecular formula is C26H32N2O2. The largest absolute Gasteiger partial charge is 0.384 e. The molecule has 1 spiro atoms. The third-order valence-electron chi connectivity index (χ3n) is 8.03. The van der Waals surface area contributed by atoms with Gasteiger partial charge in [-0.15, -0.1) is 0 Å². The average molecular weight is 405 g/mol. The number of carbonyl (C=O) groups is 1. The van der Waals surface area contributed by atoms with Gasteiger partial charge in [-0.2, -0.15) is 0 Å². The molecule has 4 nitrogen and oxygen atoms in total. The van der Waals surface area contributed by atoms with Crippen molar-refractivity contribution in [3.05, 3.63) is 71.8 Å². The van der Waals surface area contributed by atoms with Gasteiger partial charge in [0.25, 0.3) is 0 Å². The monoisotopic (exact) mass is 404 g/mol. The molecule has 3 fully saturated rings. The van der Waals surface area contributed by atoms with E-state index in [1.54, 1.807) is 0 Å². The minimum Gasteiger partial charge on any atom is -0.384 e. The number of likely N-dealkylation sites (tertiary alicyclic amines) is 1. The Kier molecular flexibility index (Phi) is 5.16. The highest BCUT2D eigenvalue weighted by molar-refractivity contribution is 5.86. The first kappa shape index (κ1) is 19.8. The first-order valence-corrected chi connectivity index (χ1v) is 11.5. The van der Waals surface area contributed by atoms with Crippen LogP contribution < -0.4 is 5.32 Å². The number of hydrogen-bond donors (Lipinski definition) is 2.